The average molecular weight is 446 g/mol. The van der Waals surface area contributed by atoms with Gasteiger partial charge < -0.3 is 10.1 Å². The summed E-state index contributed by atoms with van der Waals surface area (Å²) in [6.07, 6.45) is 1.68. The molecule has 2 aromatic rings. The van der Waals surface area contributed by atoms with Crippen molar-refractivity contribution in [1.82, 2.24) is 5.43 Å². The zero-order valence-electron chi connectivity index (χ0n) is 16.2. The van der Waals surface area contributed by atoms with E-state index in [1.54, 1.807) is 0 Å². The maximum atomic E-state index is 12.1. The average Bonchev–Trinajstić information content (AvgIpc) is 2.66. The third-order valence-corrected chi connectivity index (χ3v) is 4.74. The molecular weight excluding hydrogens is 422 g/mol. The first kappa shape index (κ1) is 21.6. The van der Waals surface area contributed by atoms with Gasteiger partial charge in [-0.15, -0.1) is 0 Å². The predicted molar refractivity (Wildman–Crippen MR) is 115 cm³/mol. The number of anilines is 1. The number of hydrogen-bond acceptors (Lipinski definition) is 4. The number of benzene rings is 2. The molecule has 7 heteroatoms. The van der Waals surface area contributed by atoms with E-state index in [0.29, 0.717) is 6.61 Å². The van der Waals surface area contributed by atoms with Crippen LogP contribution in [-0.4, -0.2) is 24.6 Å². The Balaban J connectivity index is 1.79. The molecule has 148 valence electrons. The summed E-state index contributed by atoms with van der Waals surface area (Å²) in [7, 11) is 0. The molecule has 2 rings (SSSR count). The van der Waals surface area contributed by atoms with E-state index in [4.69, 9.17) is 4.74 Å². The Morgan fingerprint density at radius 2 is 1.89 bits per heavy atom. The fourth-order valence-electron chi connectivity index (χ4n) is 2.43. The van der Waals surface area contributed by atoms with Crippen LogP contribution >= 0.6 is 15.9 Å². The lowest BCUT2D eigenvalue weighted by atomic mass is 10.1. The van der Waals surface area contributed by atoms with Gasteiger partial charge >= 0.3 is 0 Å². The number of hydrazone groups is 1. The molecule has 2 aromatic carbocycles. The maximum absolute atomic E-state index is 12.1. The summed E-state index contributed by atoms with van der Waals surface area (Å²) in [5, 5.41) is 6.76. The number of amides is 2. The van der Waals surface area contributed by atoms with Gasteiger partial charge in [-0.25, -0.2) is 5.43 Å². The van der Waals surface area contributed by atoms with Crippen LogP contribution in [0.15, 0.2) is 46.0 Å². The predicted octanol–water partition coefficient (Wildman–Crippen LogP) is 4.33. The van der Waals surface area contributed by atoms with E-state index in [1.807, 2.05) is 57.2 Å². The Hall–Kier alpha value is -2.67. The van der Waals surface area contributed by atoms with Gasteiger partial charge in [0.25, 0.3) is 0 Å². The number of carbonyl (C=O) groups excluding carboxylic acids is 2. The first-order chi connectivity index (χ1) is 13.4. The standard InChI is InChI=1S/C21H24BrN3O3/c1-4-28-19-9-8-16(12-17(19)22)13-23-25-21(27)11-10-20(26)24-18-7-5-6-14(2)15(18)3/h5-9,12-13H,4,10-11H2,1-3H3,(H,24,26)(H,25,27). The zero-order valence-corrected chi connectivity index (χ0v) is 17.8. The van der Waals surface area contributed by atoms with E-state index in [9.17, 15) is 9.59 Å². The van der Waals surface area contributed by atoms with Crippen LogP contribution in [0.5, 0.6) is 5.75 Å². The van der Waals surface area contributed by atoms with Gasteiger partial charge in [0.15, 0.2) is 0 Å². The van der Waals surface area contributed by atoms with E-state index in [0.717, 1.165) is 32.6 Å². The third-order valence-electron chi connectivity index (χ3n) is 4.12. The molecule has 0 aliphatic carbocycles. The molecule has 0 atom stereocenters. The van der Waals surface area contributed by atoms with E-state index in [-0.39, 0.29) is 24.7 Å². The number of nitrogens with one attached hydrogen (secondary N) is 2. The monoisotopic (exact) mass is 445 g/mol. The molecule has 0 spiro atoms. The first-order valence-electron chi connectivity index (χ1n) is 9.01. The molecule has 0 saturated heterocycles. The van der Waals surface area contributed by atoms with E-state index < -0.39 is 0 Å². The quantitative estimate of drug-likeness (QED) is 0.468. The topological polar surface area (TPSA) is 79.8 Å². The SMILES string of the molecule is CCOc1ccc(C=NNC(=O)CCC(=O)Nc2cccc(C)c2C)cc1Br. The summed E-state index contributed by atoms with van der Waals surface area (Å²) in [6, 6.07) is 11.2. The number of halogens is 1. The van der Waals surface area contributed by atoms with Gasteiger partial charge in [0.05, 0.1) is 17.3 Å². The van der Waals surface area contributed by atoms with Crippen LogP contribution in [0.2, 0.25) is 0 Å². The minimum Gasteiger partial charge on any atom is -0.493 e. The summed E-state index contributed by atoms with van der Waals surface area (Å²) in [5.74, 6) is 0.221. The molecule has 0 unspecified atom stereocenters. The third kappa shape index (κ3) is 6.49. The van der Waals surface area contributed by atoms with Gasteiger partial charge in [0.2, 0.25) is 11.8 Å². The molecule has 2 N–H and O–H groups in total. The Morgan fingerprint density at radius 3 is 2.61 bits per heavy atom. The van der Waals surface area contributed by atoms with Crippen molar-refractivity contribution < 1.29 is 14.3 Å². The summed E-state index contributed by atoms with van der Waals surface area (Å²) < 4.78 is 6.26. The molecule has 0 aromatic heterocycles. The van der Waals surface area contributed by atoms with E-state index in [1.165, 1.54) is 6.21 Å². The van der Waals surface area contributed by atoms with Crippen molar-refractivity contribution in [3.8, 4) is 5.75 Å². The molecule has 0 aliphatic heterocycles. The van der Waals surface area contributed by atoms with Crippen LogP contribution in [0.25, 0.3) is 0 Å². The lowest BCUT2D eigenvalue weighted by Crippen LogP contribution is -2.21. The van der Waals surface area contributed by atoms with Crippen LogP contribution in [0.4, 0.5) is 5.69 Å². The Labute approximate surface area is 173 Å². The molecule has 6 nitrogen and oxygen atoms in total. The number of ether oxygens (including phenoxy) is 1. The molecule has 2 amide bonds. The fourth-order valence-corrected chi connectivity index (χ4v) is 2.94. The van der Waals surface area contributed by atoms with Crippen molar-refractivity contribution in [1.29, 1.82) is 0 Å². The molecule has 28 heavy (non-hydrogen) atoms. The second kappa shape index (κ2) is 10.6. The second-order valence-electron chi connectivity index (χ2n) is 6.21. The molecule has 0 radical (unpaired) electrons. The van der Waals surface area contributed by atoms with Gasteiger partial charge in [-0.05, 0) is 77.7 Å². The summed E-state index contributed by atoms with van der Waals surface area (Å²) >= 11 is 3.43. The van der Waals surface area contributed by atoms with Gasteiger partial charge in [-0.1, -0.05) is 12.1 Å². The first-order valence-corrected chi connectivity index (χ1v) is 9.80. The lowest BCUT2D eigenvalue weighted by molar-refractivity contribution is -0.124. The molecule has 0 fully saturated rings. The van der Waals surface area contributed by atoms with Gasteiger partial charge in [-0.3, -0.25) is 9.59 Å². The minimum absolute atomic E-state index is 0.0566. The highest BCUT2D eigenvalue weighted by Crippen LogP contribution is 2.25. The van der Waals surface area contributed by atoms with E-state index in [2.05, 4.69) is 31.8 Å². The molecule has 0 heterocycles. The van der Waals surface area contributed by atoms with E-state index >= 15 is 0 Å². The van der Waals surface area contributed by atoms with Crippen molar-refractivity contribution in [3.05, 3.63) is 57.6 Å². The fraction of sp³-hybridized carbons (Fsp3) is 0.286. The zero-order chi connectivity index (χ0) is 20.5. The van der Waals surface area contributed by atoms with Crippen molar-refractivity contribution in [2.45, 2.75) is 33.6 Å². The Morgan fingerprint density at radius 1 is 1.14 bits per heavy atom. The van der Waals surface area contributed by atoms with Gasteiger partial charge in [-0.2, -0.15) is 5.10 Å². The van der Waals surface area contributed by atoms with Crippen LogP contribution in [0.3, 0.4) is 0 Å². The van der Waals surface area contributed by atoms with Crippen LogP contribution in [-0.2, 0) is 9.59 Å². The normalized spacial score (nSPS) is 10.7. The van der Waals surface area contributed by atoms with Gasteiger partial charge in [0.1, 0.15) is 5.75 Å². The highest BCUT2D eigenvalue weighted by Gasteiger charge is 2.09. The molecule has 0 saturated carbocycles. The summed E-state index contributed by atoms with van der Waals surface area (Å²) in [4.78, 5) is 23.9. The number of nitrogens with zero attached hydrogens (tertiary/aromatic N) is 1. The number of rotatable bonds is 8. The van der Waals surface area contributed by atoms with Gasteiger partial charge in [0, 0.05) is 18.5 Å². The smallest absolute Gasteiger partial charge is 0.240 e. The Bertz CT molecular complexity index is 881. The van der Waals surface area contributed by atoms with Crippen LogP contribution in [0.1, 0.15) is 36.5 Å². The summed E-state index contributed by atoms with van der Waals surface area (Å²) in [6.45, 7) is 6.43. The largest absolute Gasteiger partial charge is 0.493 e. The molecule has 0 bridgehead atoms. The van der Waals surface area contributed by atoms with Crippen molar-refractivity contribution in [2.75, 3.05) is 11.9 Å². The maximum Gasteiger partial charge on any atom is 0.240 e. The number of carbonyl (C=O) groups is 2. The van der Waals surface area contributed by atoms with Crippen LogP contribution in [0, 0.1) is 13.8 Å². The minimum atomic E-state index is -0.322. The number of hydrogen-bond donors (Lipinski definition) is 2. The summed E-state index contributed by atoms with van der Waals surface area (Å²) in [5.41, 5.74) is 6.13. The Kier molecular flexibility index (Phi) is 8.19. The van der Waals surface area contributed by atoms with Crippen molar-refractivity contribution in [2.24, 2.45) is 5.10 Å². The highest BCUT2D eigenvalue weighted by atomic mass is 79.9. The van der Waals surface area contributed by atoms with Crippen LogP contribution < -0.4 is 15.5 Å². The molecular formula is C21H24BrN3O3. The number of aryl methyl sites for hydroxylation is 1. The molecule has 0 aliphatic rings. The lowest BCUT2D eigenvalue weighted by Gasteiger charge is -2.10. The van der Waals surface area contributed by atoms with Crippen molar-refractivity contribution >= 4 is 39.6 Å². The highest BCUT2D eigenvalue weighted by molar-refractivity contribution is 9.10. The van der Waals surface area contributed by atoms with Crippen molar-refractivity contribution in [3.63, 3.8) is 0 Å². The second-order valence-corrected chi connectivity index (χ2v) is 7.07.